The van der Waals surface area contributed by atoms with Crippen LogP contribution in [0, 0.1) is 11.8 Å². The van der Waals surface area contributed by atoms with Crippen LogP contribution in [0.1, 0.15) is 52.9 Å². The van der Waals surface area contributed by atoms with Crippen molar-refractivity contribution in [2.45, 2.75) is 65.0 Å². The fourth-order valence-corrected chi connectivity index (χ4v) is 3.64. The highest BCUT2D eigenvalue weighted by Crippen LogP contribution is 2.29. The molecule has 3 atom stereocenters. The quantitative estimate of drug-likeness (QED) is 0.791. The van der Waals surface area contributed by atoms with Gasteiger partial charge in [0, 0.05) is 12.6 Å². The maximum absolute atomic E-state index is 12.2. The number of likely N-dealkylation sites (tertiary alicyclic amines) is 1. The van der Waals surface area contributed by atoms with E-state index in [2.05, 4.69) is 19.2 Å². The van der Waals surface area contributed by atoms with Gasteiger partial charge in [-0.2, -0.15) is 0 Å². The lowest BCUT2D eigenvalue weighted by Gasteiger charge is -2.33. The molecule has 3 unspecified atom stereocenters. The van der Waals surface area contributed by atoms with Crippen LogP contribution in [0.3, 0.4) is 0 Å². The van der Waals surface area contributed by atoms with E-state index in [9.17, 15) is 9.59 Å². The zero-order valence-electron chi connectivity index (χ0n) is 12.3. The zero-order valence-corrected chi connectivity index (χ0v) is 12.3. The van der Waals surface area contributed by atoms with Gasteiger partial charge in [-0.15, -0.1) is 0 Å². The van der Waals surface area contributed by atoms with Gasteiger partial charge in [0.2, 0.25) is 11.8 Å². The van der Waals surface area contributed by atoms with Gasteiger partial charge < -0.3 is 5.32 Å². The first-order valence-corrected chi connectivity index (χ1v) is 7.61. The molecular formula is C15H26N2O2. The van der Waals surface area contributed by atoms with Gasteiger partial charge >= 0.3 is 0 Å². The summed E-state index contributed by atoms with van der Waals surface area (Å²) in [5.74, 6) is 1.39. The number of carbonyl (C=O) groups excluding carboxylic acids is 2. The van der Waals surface area contributed by atoms with Gasteiger partial charge in [-0.3, -0.25) is 14.5 Å². The van der Waals surface area contributed by atoms with Crippen molar-refractivity contribution < 1.29 is 9.59 Å². The Hall–Kier alpha value is -0.900. The normalized spacial score (nSPS) is 36.1. The van der Waals surface area contributed by atoms with Gasteiger partial charge in [0.15, 0.2) is 0 Å². The second-order valence-electron chi connectivity index (χ2n) is 6.42. The number of nitrogens with zero attached hydrogens (tertiary/aromatic N) is 1. The molecule has 0 aromatic heterocycles. The summed E-state index contributed by atoms with van der Waals surface area (Å²) in [7, 11) is 0. The number of carbonyl (C=O) groups is 2. The fraction of sp³-hybridized carbons (Fsp3) is 0.867. The lowest BCUT2D eigenvalue weighted by Crippen LogP contribution is -2.46. The van der Waals surface area contributed by atoms with E-state index in [4.69, 9.17) is 0 Å². The summed E-state index contributed by atoms with van der Waals surface area (Å²) in [6.45, 7) is 7.10. The second kappa shape index (κ2) is 6.04. The van der Waals surface area contributed by atoms with Crippen LogP contribution in [-0.4, -0.2) is 35.3 Å². The van der Waals surface area contributed by atoms with E-state index in [0.717, 1.165) is 19.3 Å². The number of amides is 2. The molecule has 2 fully saturated rings. The molecule has 4 heteroatoms. The third kappa shape index (κ3) is 3.35. The van der Waals surface area contributed by atoms with Crippen molar-refractivity contribution in [3.63, 3.8) is 0 Å². The third-order valence-electron chi connectivity index (χ3n) is 4.31. The van der Waals surface area contributed by atoms with Crippen molar-refractivity contribution in [1.82, 2.24) is 10.2 Å². The molecule has 1 saturated carbocycles. The van der Waals surface area contributed by atoms with E-state index in [1.165, 1.54) is 11.3 Å². The van der Waals surface area contributed by atoms with Crippen molar-refractivity contribution in [3.8, 4) is 0 Å². The lowest BCUT2D eigenvalue weighted by molar-refractivity contribution is -0.138. The minimum absolute atomic E-state index is 0.0127. The Bertz CT molecular complexity index is 346. The first-order valence-electron chi connectivity index (χ1n) is 7.61. The largest absolute Gasteiger partial charge is 0.303 e. The number of hydrogen-bond donors (Lipinski definition) is 1. The van der Waals surface area contributed by atoms with Crippen LogP contribution in [-0.2, 0) is 9.59 Å². The predicted molar refractivity (Wildman–Crippen MR) is 74.5 cm³/mol. The summed E-state index contributed by atoms with van der Waals surface area (Å²) in [4.78, 5) is 25.4. The monoisotopic (exact) mass is 266 g/mol. The van der Waals surface area contributed by atoms with E-state index >= 15 is 0 Å². The van der Waals surface area contributed by atoms with Gasteiger partial charge in [0.25, 0.3) is 0 Å². The van der Waals surface area contributed by atoms with Crippen molar-refractivity contribution in [3.05, 3.63) is 0 Å². The van der Waals surface area contributed by atoms with Gasteiger partial charge in [0.05, 0.1) is 12.5 Å². The molecule has 0 bridgehead atoms. The molecule has 2 amide bonds. The minimum Gasteiger partial charge on any atom is -0.303 e. The Labute approximate surface area is 115 Å². The van der Waals surface area contributed by atoms with E-state index < -0.39 is 0 Å². The highest BCUT2D eigenvalue weighted by atomic mass is 16.2. The smallest absolute Gasteiger partial charge is 0.246 e. The van der Waals surface area contributed by atoms with E-state index in [1.807, 2.05) is 6.92 Å². The first kappa shape index (κ1) is 14.5. The van der Waals surface area contributed by atoms with Crippen LogP contribution in [0.5, 0.6) is 0 Å². The van der Waals surface area contributed by atoms with E-state index in [-0.39, 0.29) is 17.9 Å². The number of nitrogens with one attached hydrogen (secondary N) is 1. The molecule has 1 saturated heterocycles. The SMILES string of the molecule is CCCN1C(=O)CC(NC2CC(C)CC(C)C2)C1=O. The summed E-state index contributed by atoms with van der Waals surface area (Å²) >= 11 is 0. The maximum Gasteiger partial charge on any atom is 0.246 e. The summed E-state index contributed by atoms with van der Waals surface area (Å²) in [6, 6.07) is 0.114. The van der Waals surface area contributed by atoms with Crippen LogP contribution in [0.25, 0.3) is 0 Å². The zero-order chi connectivity index (χ0) is 14.0. The summed E-state index contributed by atoms with van der Waals surface area (Å²) in [5.41, 5.74) is 0. The van der Waals surface area contributed by atoms with Gasteiger partial charge in [0.1, 0.15) is 0 Å². The Morgan fingerprint density at radius 1 is 1.16 bits per heavy atom. The van der Waals surface area contributed by atoms with Crippen molar-refractivity contribution in [2.24, 2.45) is 11.8 Å². The summed E-state index contributed by atoms with van der Waals surface area (Å²) in [6.07, 6.45) is 4.70. The molecule has 1 N–H and O–H groups in total. The Morgan fingerprint density at radius 2 is 1.79 bits per heavy atom. The van der Waals surface area contributed by atoms with E-state index in [1.54, 1.807) is 0 Å². The molecule has 108 valence electrons. The minimum atomic E-state index is -0.276. The van der Waals surface area contributed by atoms with Gasteiger partial charge in [-0.05, 0) is 37.5 Å². The van der Waals surface area contributed by atoms with Crippen LogP contribution in [0.15, 0.2) is 0 Å². The Kier molecular flexibility index (Phi) is 4.61. The molecule has 0 aromatic rings. The van der Waals surface area contributed by atoms with Crippen LogP contribution in [0.2, 0.25) is 0 Å². The summed E-state index contributed by atoms with van der Waals surface area (Å²) in [5, 5.41) is 3.44. The topological polar surface area (TPSA) is 49.4 Å². The molecule has 0 spiro atoms. The number of imide groups is 1. The molecule has 2 aliphatic rings. The first-order chi connectivity index (χ1) is 9.01. The van der Waals surface area contributed by atoms with Gasteiger partial charge in [-0.1, -0.05) is 20.8 Å². The van der Waals surface area contributed by atoms with Crippen LogP contribution < -0.4 is 5.32 Å². The molecule has 0 aromatic carbocycles. The average molecular weight is 266 g/mol. The van der Waals surface area contributed by atoms with Crippen molar-refractivity contribution >= 4 is 11.8 Å². The molecule has 2 rings (SSSR count). The average Bonchev–Trinajstić information content (AvgIpc) is 2.56. The molecule has 1 heterocycles. The molecule has 1 aliphatic carbocycles. The number of hydrogen-bond acceptors (Lipinski definition) is 3. The highest BCUT2D eigenvalue weighted by Gasteiger charge is 2.39. The predicted octanol–water partition coefficient (Wildman–Crippen LogP) is 1.94. The van der Waals surface area contributed by atoms with Crippen molar-refractivity contribution in [2.75, 3.05) is 6.54 Å². The number of rotatable bonds is 4. The molecule has 1 aliphatic heterocycles. The summed E-state index contributed by atoms with van der Waals surface area (Å²) < 4.78 is 0. The Morgan fingerprint density at radius 3 is 2.37 bits per heavy atom. The fourth-order valence-electron chi connectivity index (χ4n) is 3.64. The highest BCUT2D eigenvalue weighted by molar-refractivity contribution is 6.05. The Balaban J connectivity index is 1.93. The molecular weight excluding hydrogens is 240 g/mol. The standard InChI is InChI=1S/C15H26N2O2/c1-4-5-17-14(18)9-13(15(17)19)16-12-7-10(2)6-11(3)8-12/h10-13,16H,4-9H2,1-3H3. The molecule has 4 nitrogen and oxygen atoms in total. The van der Waals surface area contributed by atoms with Gasteiger partial charge in [-0.25, -0.2) is 0 Å². The van der Waals surface area contributed by atoms with E-state index in [0.29, 0.717) is 30.8 Å². The third-order valence-corrected chi connectivity index (χ3v) is 4.31. The van der Waals surface area contributed by atoms with Crippen LogP contribution >= 0.6 is 0 Å². The van der Waals surface area contributed by atoms with Crippen LogP contribution in [0.4, 0.5) is 0 Å². The lowest BCUT2D eigenvalue weighted by atomic mass is 9.80. The molecule has 0 radical (unpaired) electrons. The molecule has 19 heavy (non-hydrogen) atoms. The maximum atomic E-state index is 12.2. The van der Waals surface area contributed by atoms with Crippen molar-refractivity contribution in [1.29, 1.82) is 0 Å². The second-order valence-corrected chi connectivity index (χ2v) is 6.42.